The number of benzene rings is 2. The molecular weight excluding hydrogens is 379 g/mol. The number of aromatic nitrogens is 1. The number of nitrogens with zero attached hydrogens (tertiary/aromatic N) is 1. The Bertz CT molecular complexity index is 892. The fourth-order valence-electron chi connectivity index (χ4n) is 1.73. The van der Waals surface area contributed by atoms with Crippen molar-refractivity contribution in [3.05, 3.63) is 52.8 Å². The molecule has 3 aromatic rings. The van der Waals surface area contributed by atoms with Gasteiger partial charge in [-0.2, -0.15) is 0 Å². The molecule has 1 N–H and O–H groups in total. The molecule has 0 unspecified atom stereocenters. The highest BCUT2D eigenvalue weighted by atomic mass is 79.9. The predicted octanol–water partition coefficient (Wildman–Crippen LogP) is 4.00. The molecule has 0 fully saturated rings. The quantitative estimate of drug-likeness (QED) is 0.739. The lowest BCUT2D eigenvalue weighted by Crippen LogP contribution is -2.13. The molecule has 0 aliphatic heterocycles. The van der Waals surface area contributed by atoms with Gasteiger partial charge in [0.15, 0.2) is 5.13 Å². The van der Waals surface area contributed by atoms with Gasteiger partial charge in [0.2, 0.25) is 0 Å². The van der Waals surface area contributed by atoms with E-state index in [1.165, 1.54) is 23.5 Å². The number of hydrogen-bond donors (Lipinski definition) is 1. The van der Waals surface area contributed by atoms with Crippen LogP contribution in [-0.2, 0) is 10.0 Å². The number of rotatable bonds is 3. The van der Waals surface area contributed by atoms with Crippen molar-refractivity contribution in [3.63, 3.8) is 0 Å². The molecule has 0 atom stereocenters. The molecule has 1 heterocycles. The number of halogens is 2. The first kappa shape index (κ1) is 14.4. The summed E-state index contributed by atoms with van der Waals surface area (Å²) in [4.78, 5) is 4.04. The van der Waals surface area contributed by atoms with Crippen LogP contribution in [0, 0.1) is 5.82 Å². The molecule has 2 aromatic carbocycles. The molecule has 108 valence electrons. The predicted molar refractivity (Wildman–Crippen MR) is 84.5 cm³/mol. The van der Waals surface area contributed by atoms with Gasteiger partial charge in [-0.3, -0.25) is 4.72 Å². The largest absolute Gasteiger partial charge is 0.263 e. The normalized spacial score (nSPS) is 11.7. The second-order valence-corrected chi connectivity index (χ2v) is 7.74. The van der Waals surface area contributed by atoms with E-state index in [2.05, 4.69) is 25.6 Å². The van der Waals surface area contributed by atoms with E-state index in [4.69, 9.17) is 0 Å². The van der Waals surface area contributed by atoms with Crippen molar-refractivity contribution in [2.75, 3.05) is 4.72 Å². The van der Waals surface area contributed by atoms with Crippen LogP contribution in [0.25, 0.3) is 10.2 Å². The molecule has 21 heavy (non-hydrogen) atoms. The monoisotopic (exact) mass is 386 g/mol. The Morgan fingerprint density at radius 1 is 1.19 bits per heavy atom. The van der Waals surface area contributed by atoms with E-state index >= 15 is 0 Å². The molecule has 0 bridgehead atoms. The van der Waals surface area contributed by atoms with E-state index in [1.807, 2.05) is 18.2 Å². The minimum atomic E-state index is -3.86. The van der Waals surface area contributed by atoms with Crippen LogP contribution in [0.3, 0.4) is 0 Å². The smallest absolute Gasteiger partial charge is 0.255 e. The highest BCUT2D eigenvalue weighted by Gasteiger charge is 2.18. The molecule has 0 spiro atoms. The Morgan fingerprint density at radius 3 is 2.67 bits per heavy atom. The Hall–Kier alpha value is -1.51. The number of hydrogen-bond acceptors (Lipinski definition) is 4. The van der Waals surface area contributed by atoms with Gasteiger partial charge in [-0.15, -0.1) is 0 Å². The summed E-state index contributed by atoms with van der Waals surface area (Å²) in [7, 11) is -3.86. The van der Waals surface area contributed by atoms with Gasteiger partial charge >= 0.3 is 0 Å². The average molecular weight is 387 g/mol. The topological polar surface area (TPSA) is 59.1 Å². The lowest BCUT2D eigenvalue weighted by atomic mass is 10.3. The number of thiazole rings is 1. The lowest BCUT2D eigenvalue weighted by molar-refractivity contribution is 0.593. The Kier molecular flexibility index (Phi) is 3.68. The van der Waals surface area contributed by atoms with Crippen molar-refractivity contribution < 1.29 is 12.8 Å². The summed E-state index contributed by atoms with van der Waals surface area (Å²) in [5.41, 5.74) is 0.710. The summed E-state index contributed by atoms with van der Waals surface area (Å²) in [5, 5.41) is 0.250. The second kappa shape index (κ2) is 5.36. The summed E-state index contributed by atoms with van der Waals surface area (Å²) in [6.07, 6.45) is 0. The van der Waals surface area contributed by atoms with Gasteiger partial charge in [-0.1, -0.05) is 23.5 Å². The SMILES string of the molecule is O=S(=O)(Nc1nc2ccccc2s1)c1ccc(Br)c(F)c1. The van der Waals surface area contributed by atoms with Gasteiger partial charge in [-0.05, 0) is 46.3 Å². The molecule has 0 saturated heterocycles. The highest BCUT2D eigenvalue weighted by molar-refractivity contribution is 9.10. The standard InChI is InChI=1S/C13H8BrFN2O2S2/c14-9-6-5-8(7-10(9)15)21(18,19)17-13-16-11-3-1-2-4-12(11)20-13/h1-7H,(H,16,17). The van der Waals surface area contributed by atoms with Crippen molar-refractivity contribution in [2.24, 2.45) is 0 Å². The second-order valence-electron chi connectivity index (χ2n) is 4.17. The van der Waals surface area contributed by atoms with E-state index < -0.39 is 15.8 Å². The van der Waals surface area contributed by atoms with E-state index in [0.717, 1.165) is 10.8 Å². The third-order valence-electron chi connectivity index (χ3n) is 2.72. The molecule has 3 rings (SSSR count). The van der Waals surface area contributed by atoms with Crippen molar-refractivity contribution in [2.45, 2.75) is 4.90 Å². The van der Waals surface area contributed by atoms with Crippen LogP contribution in [0.1, 0.15) is 0 Å². The van der Waals surface area contributed by atoms with E-state index in [1.54, 1.807) is 6.07 Å². The highest BCUT2D eigenvalue weighted by Crippen LogP contribution is 2.28. The fraction of sp³-hybridized carbons (Fsp3) is 0. The van der Waals surface area contributed by atoms with Crippen LogP contribution in [0.15, 0.2) is 51.8 Å². The van der Waals surface area contributed by atoms with Crippen molar-refractivity contribution >= 4 is 52.6 Å². The summed E-state index contributed by atoms with van der Waals surface area (Å²) >= 11 is 4.21. The number of anilines is 1. The molecule has 0 radical (unpaired) electrons. The molecule has 0 amide bonds. The van der Waals surface area contributed by atoms with Crippen LogP contribution in [0.4, 0.5) is 9.52 Å². The summed E-state index contributed by atoms with van der Waals surface area (Å²) in [6, 6.07) is 10.9. The van der Waals surface area contributed by atoms with Crippen molar-refractivity contribution in [1.29, 1.82) is 0 Å². The molecule has 0 aliphatic carbocycles. The molecule has 1 aromatic heterocycles. The maximum atomic E-state index is 13.5. The zero-order chi connectivity index (χ0) is 15.0. The summed E-state index contributed by atoms with van der Waals surface area (Å²) < 4.78 is 41.3. The third-order valence-corrected chi connectivity index (χ3v) is 5.78. The van der Waals surface area contributed by atoms with Gasteiger partial charge in [0, 0.05) is 0 Å². The fourth-order valence-corrected chi connectivity index (χ4v) is 4.09. The first-order valence-corrected chi connectivity index (χ1v) is 8.88. The van der Waals surface area contributed by atoms with E-state index in [9.17, 15) is 12.8 Å². The number of para-hydroxylation sites is 1. The van der Waals surface area contributed by atoms with Gasteiger partial charge in [0.05, 0.1) is 19.6 Å². The zero-order valence-electron chi connectivity index (χ0n) is 10.4. The lowest BCUT2D eigenvalue weighted by Gasteiger charge is -2.05. The van der Waals surface area contributed by atoms with Gasteiger partial charge in [0.25, 0.3) is 10.0 Å². The number of fused-ring (bicyclic) bond motifs is 1. The maximum absolute atomic E-state index is 13.5. The Balaban J connectivity index is 1.96. The first-order chi connectivity index (χ1) is 9.95. The number of sulfonamides is 1. The number of nitrogens with one attached hydrogen (secondary N) is 1. The minimum Gasteiger partial charge on any atom is -0.255 e. The molecule has 0 saturated carbocycles. The third kappa shape index (κ3) is 2.92. The summed E-state index contributed by atoms with van der Waals surface area (Å²) in [5.74, 6) is -0.637. The average Bonchev–Trinajstić information content (AvgIpc) is 2.82. The molecule has 8 heteroatoms. The molecule has 0 aliphatic rings. The van der Waals surface area contributed by atoms with Gasteiger partial charge in [-0.25, -0.2) is 17.8 Å². The van der Waals surface area contributed by atoms with Crippen LogP contribution >= 0.6 is 27.3 Å². The van der Waals surface area contributed by atoms with Gasteiger partial charge < -0.3 is 0 Å². The van der Waals surface area contributed by atoms with Crippen LogP contribution in [-0.4, -0.2) is 13.4 Å². The Labute approximate surface area is 132 Å². The molecule has 4 nitrogen and oxygen atoms in total. The minimum absolute atomic E-state index is 0.151. The first-order valence-electron chi connectivity index (χ1n) is 5.79. The van der Waals surface area contributed by atoms with Crippen LogP contribution < -0.4 is 4.72 Å². The van der Waals surface area contributed by atoms with Crippen LogP contribution in [0.2, 0.25) is 0 Å². The summed E-state index contributed by atoms with van der Waals surface area (Å²) in [6.45, 7) is 0. The zero-order valence-corrected chi connectivity index (χ0v) is 13.6. The van der Waals surface area contributed by atoms with E-state index in [0.29, 0.717) is 5.52 Å². The van der Waals surface area contributed by atoms with Crippen molar-refractivity contribution in [1.82, 2.24) is 4.98 Å². The molecular formula is C13H8BrFN2O2S2. The van der Waals surface area contributed by atoms with Crippen LogP contribution in [0.5, 0.6) is 0 Å². The van der Waals surface area contributed by atoms with E-state index in [-0.39, 0.29) is 14.5 Å². The van der Waals surface area contributed by atoms with Gasteiger partial charge in [0.1, 0.15) is 5.82 Å². The van der Waals surface area contributed by atoms with Crippen molar-refractivity contribution in [3.8, 4) is 0 Å². The maximum Gasteiger partial charge on any atom is 0.263 e. The Morgan fingerprint density at radius 2 is 1.95 bits per heavy atom.